The van der Waals surface area contributed by atoms with Gasteiger partial charge in [-0.2, -0.15) is 5.10 Å². The number of anilines is 1. The van der Waals surface area contributed by atoms with E-state index in [4.69, 9.17) is 5.11 Å². The summed E-state index contributed by atoms with van der Waals surface area (Å²) in [4.78, 5) is 10.8. The van der Waals surface area contributed by atoms with Gasteiger partial charge in [-0.05, 0) is 12.3 Å². The van der Waals surface area contributed by atoms with E-state index in [1.165, 1.54) is 0 Å². The average Bonchev–Trinajstić information content (AvgIpc) is 2.59. The van der Waals surface area contributed by atoms with E-state index in [0.717, 1.165) is 11.5 Å². The van der Waals surface area contributed by atoms with Crippen molar-refractivity contribution < 1.29 is 9.90 Å². The van der Waals surface area contributed by atoms with Crippen molar-refractivity contribution in [2.45, 2.75) is 38.8 Å². The van der Waals surface area contributed by atoms with Gasteiger partial charge in [0.05, 0.1) is 5.69 Å². The maximum atomic E-state index is 10.8. The van der Waals surface area contributed by atoms with Crippen LogP contribution in [0.4, 0.5) is 5.82 Å². The SMILES string of the molecule is CC(C)c1cc2n(n1)CCC(C(=O)O)N2. The quantitative estimate of drug-likeness (QED) is 0.769. The standard InChI is InChI=1S/C10H15N3O2/c1-6(2)8-5-9-11-7(10(14)15)3-4-13(9)12-8/h5-7,11H,3-4H2,1-2H3,(H,14,15). The fourth-order valence-corrected chi connectivity index (χ4v) is 1.69. The van der Waals surface area contributed by atoms with Crippen molar-refractivity contribution in [3.8, 4) is 0 Å². The van der Waals surface area contributed by atoms with Crippen molar-refractivity contribution in [3.63, 3.8) is 0 Å². The Bertz CT molecular complexity index is 384. The maximum absolute atomic E-state index is 10.8. The molecule has 0 fully saturated rings. The van der Waals surface area contributed by atoms with Crippen LogP contribution >= 0.6 is 0 Å². The molecule has 2 heterocycles. The van der Waals surface area contributed by atoms with Crippen molar-refractivity contribution in [1.29, 1.82) is 0 Å². The van der Waals surface area contributed by atoms with E-state index in [1.807, 2.05) is 10.7 Å². The lowest BCUT2D eigenvalue weighted by Gasteiger charge is -2.21. The zero-order valence-electron chi connectivity index (χ0n) is 8.90. The number of aliphatic carboxylic acids is 1. The van der Waals surface area contributed by atoms with Gasteiger partial charge in [-0.3, -0.25) is 0 Å². The summed E-state index contributed by atoms with van der Waals surface area (Å²) in [5.74, 6) is 0.388. The Hall–Kier alpha value is -1.52. The zero-order valence-corrected chi connectivity index (χ0v) is 8.90. The second-order valence-electron chi connectivity index (χ2n) is 4.16. The molecule has 0 aliphatic carbocycles. The molecule has 82 valence electrons. The molecule has 0 radical (unpaired) electrons. The van der Waals surface area contributed by atoms with Gasteiger partial charge >= 0.3 is 5.97 Å². The van der Waals surface area contributed by atoms with Crippen LogP contribution in [0.2, 0.25) is 0 Å². The van der Waals surface area contributed by atoms with Crippen molar-refractivity contribution in [1.82, 2.24) is 9.78 Å². The molecule has 0 aromatic carbocycles. The molecule has 0 saturated heterocycles. The molecule has 0 spiro atoms. The van der Waals surface area contributed by atoms with E-state index >= 15 is 0 Å². The number of aryl methyl sites for hydroxylation is 1. The number of hydrogen-bond acceptors (Lipinski definition) is 3. The van der Waals surface area contributed by atoms with E-state index in [1.54, 1.807) is 0 Å². The predicted octanol–water partition coefficient (Wildman–Crippen LogP) is 1.28. The summed E-state index contributed by atoms with van der Waals surface area (Å²) in [5.41, 5.74) is 1.00. The second kappa shape index (κ2) is 3.56. The third-order valence-corrected chi connectivity index (χ3v) is 2.64. The van der Waals surface area contributed by atoms with Crippen LogP contribution in [0.5, 0.6) is 0 Å². The monoisotopic (exact) mass is 209 g/mol. The first kappa shape index (κ1) is 10.0. The molecule has 1 aromatic heterocycles. The lowest BCUT2D eigenvalue weighted by molar-refractivity contribution is -0.138. The summed E-state index contributed by atoms with van der Waals surface area (Å²) >= 11 is 0. The molecule has 5 heteroatoms. The summed E-state index contributed by atoms with van der Waals surface area (Å²) in [7, 11) is 0. The summed E-state index contributed by atoms with van der Waals surface area (Å²) in [6.45, 7) is 4.82. The molecule has 0 bridgehead atoms. The van der Waals surface area contributed by atoms with Gasteiger partial charge in [-0.1, -0.05) is 13.8 Å². The Labute approximate surface area is 88.1 Å². The molecule has 0 saturated carbocycles. The average molecular weight is 209 g/mol. The van der Waals surface area contributed by atoms with Gasteiger partial charge in [-0.15, -0.1) is 0 Å². The van der Waals surface area contributed by atoms with Gasteiger partial charge < -0.3 is 10.4 Å². The first-order valence-electron chi connectivity index (χ1n) is 5.15. The largest absolute Gasteiger partial charge is 0.480 e. The Kier molecular flexibility index (Phi) is 2.38. The third kappa shape index (κ3) is 1.82. The van der Waals surface area contributed by atoms with Gasteiger partial charge in [-0.25, -0.2) is 9.48 Å². The van der Waals surface area contributed by atoms with E-state index in [-0.39, 0.29) is 0 Å². The molecule has 1 aliphatic rings. The molecule has 5 nitrogen and oxygen atoms in total. The minimum atomic E-state index is -0.798. The van der Waals surface area contributed by atoms with Gasteiger partial charge in [0, 0.05) is 12.6 Å². The molecule has 2 N–H and O–H groups in total. The molecular weight excluding hydrogens is 194 g/mol. The normalized spacial score (nSPS) is 19.8. The minimum absolute atomic E-state index is 0.369. The van der Waals surface area contributed by atoms with E-state index in [2.05, 4.69) is 24.3 Å². The van der Waals surface area contributed by atoms with Crippen LogP contribution < -0.4 is 5.32 Å². The minimum Gasteiger partial charge on any atom is -0.480 e. The lowest BCUT2D eigenvalue weighted by atomic mass is 10.1. The smallest absolute Gasteiger partial charge is 0.326 e. The highest BCUT2D eigenvalue weighted by molar-refractivity contribution is 5.77. The Morgan fingerprint density at radius 2 is 2.47 bits per heavy atom. The number of rotatable bonds is 2. The van der Waals surface area contributed by atoms with E-state index in [9.17, 15) is 4.79 Å². The molecule has 15 heavy (non-hydrogen) atoms. The van der Waals surface area contributed by atoms with E-state index < -0.39 is 12.0 Å². The maximum Gasteiger partial charge on any atom is 0.326 e. The van der Waals surface area contributed by atoms with Crippen molar-refractivity contribution >= 4 is 11.8 Å². The van der Waals surface area contributed by atoms with Crippen molar-refractivity contribution in [2.24, 2.45) is 0 Å². The highest BCUT2D eigenvalue weighted by Gasteiger charge is 2.24. The number of nitrogens with zero attached hydrogens (tertiary/aromatic N) is 2. The van der Waals surface area contributed by atoms with Crippen molar-refractivity contribution in [3.05, 3.63) is 11.8 Å². The Balaban J connectivity index is 2.22. The van der Waals surface area contributed by atoms with Crippen LogP contribution in [0.1, 0.15) is 31.9 Å². The second-order valence-corrected chi connectivity index (χ2v) is 4.16. The van der Waals surface area contributed by atoms with Gasteiger partial charge in [0.1, 0.15) is 11.9 Å². The number of carboxylic acid groups (broad SMARTS) is 1. The van der Waals surface area contributed by atoms with Crippen LogP contribution in [-0.4, -0.2) is 26.9 Å². The number of carbonyl (C=O) groups is 1. The van der Waals surface area contributed by atoms with Gasteiger partial charge in [0.25, 0.3) is 0 Å². The highest BCUT2D eigenvalue weighted by Crippen LogP contribution is 2.22. The molecule has 1 atom stereocenters. The van der Waals surface area contributed by atoms with Crippen LogP contribution in [-0.2, 0) is 11.3 Å². The van der Waals surface area contributed by atoms with Crippen molar-refractivity contribution in [2.75, 3.05) is 5.32 Å². The fourth-order valence-electron chi connectivity index (χ4n) is 1.69. The number of carboxylic acids is 1. The van der Waals surface area contributed by atoms with Crippen LogP contribution in [0.3, 0.4) is 0 Å². The molecule has 1 unspecified atom stereocenters. The fraction of sp³-hybridized carbons (Fsp3) is 0.600. The van der Waals surface area contributed by atoms with Crippen LogP contribution in [0, 0.1) is 0 Å². The Morgan fingerprint density at radius 1 is 1.73 bits per heavy atom. The summed E-state index contributed by atoms with van der Waals surface area (Å²) in [6.07, 6.45) is 0.585. The number of fused-ring (bicyclic) bond motifs is 1. The molecule has 1 aliphatic heterocycles. The van der Waals surface area contributed by atoms with Crippen LogP contribution in [0.25, 0.3) is 0 Å². The highest BCUT2D eigenvalue weighted by atomic mass is 16.4. The number of hydrogen-bond donors (Lipinski definition) is 2. The number of nitrogens with one attached hydrogen (secondary N) is 1. The van der Waals surface area contributed by atoms with Crippen LogP contribution in [0.15, 0.2) is 6.07 Å². The summed E-state index contributed by atoms with van der Waals surface area (Å²) in [5, 5.41) is 16.3. The zero-order chi connectivity index (χ0) is 11.0. The number of aromatic nitrogens is 2. The van der Waals surface area contributed by atoms with Gasteiger partial charge in [0.2, 0.25) is 0 Å². The molecular formula is C10H15N3O2. The first-order valence-corrected chi connectivity index (χ1v) is 5.15. The molecule has 1 aromatic rings. The molecule has 0 amide bonds. The van der Waals surface area contributed by atoms with Gasteiger partial charge in [0.15, 0.2) is 0 Å². The lowest BCUT2D eigenvalue weighted by Crippen LogP contribution is -2.35. The Morgan fingerprint density at radius 3 is 3.07 bits per heavy atom. The topological polar surface area (TPSA) is 67.2 Å². The molecule has 2 rings (SSSR count). The summed E-state index contributed by atoms with van der Waals surface area (Å²) in [6, 6.07) is 1.45. The van der Waals surface area contributed by atoms with E-state index in [0.29, 0.717) is 18.9 Å². The summed E-state index contributed by atoms with van der Waals surface area (Å²) < 4.78 is 1.84. The first-order chi connectivity index (χ1) is 7.08. The third-order valence-electron chi connectivity index (χ3n) is 2.64. The predicted molar refractivity (Wildman–Crippen MR) is 56.0 cm³/mol.